The van der Waals surface area contributed by atoms with Crippen LogP contribution in [-0.4, -0.2) is 30.6 Å². The number of benzene rings is 1. The maximum Gasteiger partial charge on any atom is 0.305 e. The first kappa shape index (κ1) is 14.7. The van der Waals surface area contributed by atoms with Crippen LogP contribution in [0, 0.1) is 5.82 Å². The van der Waals surface area contributed by atoms with E-state index in [0.717, 1.165) is 0 Å². The number of ether oxygens (including phenoxy) is 1. The van der Waals surface area contributed by atoms with Crippen molar-refractivity contribution in [3.63, 3.8) is 0 Å². The Morgan fingerprint density at radius 2 is 2.21 bits per heavy atom. The second-order valence-electron chi connectivity index (χ2n) is 3.66. The molecule has 0 saturated heterocycles. The van der Waals surface area contributed by atoms with Gasteiger partial charge in [-0.1, -0.05) is 6.07 Å². The van der Waals surface area contributed by atoms with Crippen LogP contribution >= 0.6 is 0 Å². The van der Waals surface area contributed by atoms with Crippen molar-refractivity contribution in [2.75, 3.05) is 13.7 Å². The predicted octanol–water partition coefficient (Wildman–Crippen LogP) is 1.44. The zero-order valence-electron chi connectivity index (χ0n) is 10.4. The van der Waals surface area contributed by atoms with Gasteiger partial charge in [-0.2, -0.15) is 0 Å². The summed E-state index contributed by atoms with van der Waals surface area (Å²) in [7, 11) is 1.36. The molecule has 102 valence electrons. The molecule has 2 N–H and O–H groups in total. The van der Waals surface area contributed by atoms with Crippen molar-refractivity contribution in [3.05, 3.63) is 35.7 Å². The van der Waals surface area contributed by atoms with E-state index in [4.69, 9.17) is 9.84 Å². The molecule has 0 aliphatic carbocycles. The topological polar surface area (TPSA) is 75.6 Å². The molecule has 0 bridgehead atoms. The van der Waals surface area contributed by atoms with Gasteiger partial charge in [0.25, 0.3) is 0 Å². The Kier molecular flexibility index (Phi) is 5.53. The summed E-state index contributed by atoms with van der Waals surface area (Å²) in [6.45, 7) is 0.0511. The molecule has 0 fully saturated rings. The van der Waals surface area contributed by atoms with E-state index < -0.39 is 17.7 Å². The lowest BCUT2D eigenvalue weighted by molar-refractivity contribution is -0.136. The Bertz CT molecular complexity index is 499. The Labute approximate surface area is 109 Å². The molecule has 0 radical (unpaired) electrons. The van der Waals surface area contributed by atoms with Crippen molar-refractivity contribution in [1.82, 2.24) is 5.32 Å². The van der Waals surface area contributed by atoms with Gasteiger partial charge in [0.2, 0.25) is 5.91 Å². The van der Waals surface area contributed by atoms with Gasteiger partial charge in [-0.15, -0.1) is 0 Å². The fraction of sp³-hybridized carbons (Fsp3) is 0.231. The summed E-state index contributed by atoms with van der Waals surface area (Å²) in [6, 6.07) is 4.29. The van der Waals surface area contributed by atoms with Crippen molar-refractivity contribution >= 4 is 18.0 Å². The Morgan fingerprint density at radius 3 is 2.79 bits per heavy atom. The second kappa shape index (κ2) is 7.15. The number of carbonyl (C=O) groups excluding carboxylic acids is 1. The number of rotatable bonds is 6. The lowest BCUT2D eigenvalue weighted by Gasteiger charge is -2.02. The van der Waals surface area contributed by atoms with Crippen LogP contribution in [0.15, 0.2) is 24.3 Å². The molecule has 0 aliphatic heterocycles. The van der Waals surface area contributed by atoms with E-state index in [1.54, 1.807) is 6.07 Å². The number of amides is 1. The highest BCUT2D eigenvalue weighted by atomic mass is 19.1. The van der Waals surface area contributed by atoms with Gasteiger partial charge in [0.1, 0.15) is 0 Å². The van der Waals surface area contributed by atoms with Gasteiger partial charge in [0.15, 0.2) is 11.6 Å². The maximum atomic E-state index is 13.3. The summed E-state index contributed by atoms with van der Waals surface area (Å²) < 4.78 is 18.1. The summed E-state index contributed by atoms with van der Waals surface area (Å²) in [5.41, 5.74) is 0.506. The fourth-order valence-electron chi connectivity index (χ4n) is 1.31. The number of halogens is 1. The van der Waals surface area contributed by atoms with Crippen molar-refractivity contribution in [2.24, 2.45) is 0 Å². The van der Waals surface area contributed by atoms with Crippen LogP contribution in [0.1, 0.15) is 12.0 Å². The zero-order chi connectivity index (χ0) is 14.3. The average molecular weight is 267 g/mol. The quantitative estimate of drug-likeness (QED) is 0.765. The Balaban J connectivity index is 2.54. The van der Waals surface area contributed by atoms with E-state index in [1.807, 2.05) is 0 Å². The predicted molar refractivity (Wildman–Crippen MR) is 67.2 cm³/mol. The molecule has 1 aromatic rings. The number of hydrogen-bond acceptors (Lipinski definition) is 3. The summed E-state index contributed by atoms with van der Waals surface area (Å²) in [5, 5.41) is 10.8. The Morgan fingerprint density at radius 1 is 1.47 bits per heavy atom. The molecule has 1 amide bonds. The van der Waals surface area contributed by atoms with Crippen molar-refractivity contribution in [1.29, 1.82) is 0 Å². The minimum absolute atomic E-state index is 0.0511. The van der Waals surface area contributed by atoms with Gasteiger partial charge in [-0.25, -0.2) is 4.39 Å². The highest BCUT2D eigenvalue weighted by molar-refractivity contribution is 5.91. The van der Waals surface area contributed by atoms with Crippen molar-refractivity contribution in [3.8, 4) is 5.75 Å². The molecule has 0 aromatic heterocycles. The van der Waals surface area contributed by atoms with Gasteiger partial charge >= 0.3 is 5.97 Å². The minimum atomic E-state index is -0.985. The van der Waals surface area contributed by atoms with E-state index >= 15 is 0 Å². The number of carbonyl (C=O) groups is 2. The number of aliphatic carboxylic acids is 1. The van der Waals surface area contributed by atoms with Crippen LogP contribution < -0.4 is 10.1 Å². The number of methoxy groups -OCH3 is 1. The number of carboxylic acids is 1. The first-order valence-corrected chi connectivity index (χ1v) is 5.54. The summed E-state index contributed by atoms with van der Waals surface area (Å²) in [5.74, 6) is -1.81. The number of nitrogens with one attached hydrogen (secondary N) is 1. The molecule has 6 heteroatoms. The van der Waals surface area contributed by atoms with Crippen molar-refractivity contribution < 1.29 is 23.8 Å². The Hall–Kier alpha value is -2.37. The van der Waals surface area contributed by atoms with Gasteiger partial charge in [0, 0.05) is 12.6 Å². The average Bonchev–Trinajstić information content (AvgIpc) is 2.36. The van der Waals surface area contributed by atoms with E-state index in [-0.39, 0.29) is 18.7 Å². The normalized spacial score (nSPS) is 10.4. The summed E-state index contributed by atoms with van der Waals surface area (Å²) >= 11 is 0. The molecule has 0 atom stereocenters. The van der Waals surface area contributed by atoms with E-state index in [2.05, 4.69) is 5.32 Å². The third-order valence-corrected chi connectivity index (χ3v) is 2.24. The molecular formula is C13H14FNO4. The molecular weight excluding hydrogens is 253 g/mol. The van der Waals surface area contributed by atoms with Crippen LogP contribution in [0.2, 0.25) is 0 Å². The van der Waals surface area contributed by atoms with E-state index in [9.17, 15) is 14.0 Å². The third-order valence-electron chi connectivity index (χ3n) is 2.24. The standard InChI is InChI=1S/C13H14FNO4/c1-19-11-4-2-9(8-10(11)14)3-5-12(16)15-7-6-13(17)18/h2-5,8H,6-7H2,1H3,(H,15,16)(H,17,18)/b5-3+. The number of hydrogen-bond donors (Lipinski definition) is 2. The molecule has 5 nitrogen and oxygen atoms in total. The molecule has 0 saturated carbocycles. The van der Waals surface area contributed by atoms with Gasteiger partial charge in [0.05, 0.1) is 13.5 Å². The minimum Gasteiger partial charge on any atom is -0.494 e. The first-order chi connectivity index (χ1) is 9.02. The number of carboxylic acid groups (broad SMARTS) is 1. The summed E-state index contributed by atoms with van der Waals surface area (Å²) in [6.07, 6.45) is 2.50. The van der Waals surface area contributed by atoms with Crippen LogP contribution in [0.25, 0.3) is 6.08 Å². The lowest BCUT2D eigenvalue weighted by atomic mass is 10.2. The maximum absolute atomic E-state index is 13.3. The van der Waals surface area contributed by atoms with Crippen molar-refractivity contribution in [2.45, 2.75) is 6.42 Å². The molecule has 19 heavy (non-hydrogen) atoms. The molecule has 1 aromatic carbocycles. The smallest absolute Gasteiger partial charge is 0.305 e. The van der Waals surface area contributed by atoms with Crippen LogP contribution in [0.5, 0.6) is 5.75 Å². The lowest BCUT2D eigenvalue weighted by Crippen LogP contribution is -2.23. The van der Waals surface area contributed by atoms with E-state index in [0.29, 0.717) is 5.56 Å². The van der Waals surface area contributed by atoms with Gasteiger partial charge < -0.3 is 15.2 Å². The fourth-order valence-corrected chi connectivity index (χ4v) is 1.31. The molecule has 0 spiro atoms. The first-order valence-electron chi connectivity index (χ1n) is 5.54. The zero-order valence-corrected chi connectivity index (χ0v) is 10.4. The highest BCUT2D eigenvalue weighted by Crippen LogP contribution is 2.18. The molecule has 0 unspecified atom stereocenters. The molecule has 0 heterocycles. The monoisotopic (exact) mass is 267 g/mol. The van der Waals surface area contributed by atoms with Crippen LogP contribution in [-0.2, 0) is 9.59 Å². The second-order valence-corrected chi connectivity index (χ2v) is 3.66. The van der Waals surface area contributed by atoms with Crippen LogP contribution in [0.4, 0.5) is 4.39 Å². The van der Waals surface area contributed by atoms with Gasteiger partial charge in [-0.05, 0) is 23.8 Å². The summed E-state index contributed by atoms with van der Waals surface area (Å²) in [4.78, 5) is 21.5. The molecule has 1 rings (SSSR count). The van der Waals surface area contributed by atoms with Gasteiger partial charge in [-0.3, -0.25) is 9.59 Å². The highest BCUT2D eigenvalue weighted by Gasteiger charge is 2.02. The largest absolute Gasteiger partial charge is 0.494 e. The van der Waals surface area contributed by atoms with Crippen LogP contribution in [0.3, 0.4) is 0 Å². The SMILES string of the molecule is COc1ccc(/C=C/C(=O)NCCC(=O)O)cc1F. The van der Waals surface area contributed by atoms with E-state index in [1.165, 1.54) is 31.4 Å². The molecule has 0 aliphatic rings. The third kappa shape index (κ3) is 5.20.